The predicted octanol–water partition coefficient (Wildman–Crippen LogP) is 1.86. The highest BCUT2D eigenvalue weighted by molar-refractivity contribution is 7.99. The van der Waals surface area contributed by atoms with Crippen LogP contribution >= 0.6 is 11.8 Å². The van der Waals surface area contributed by atoms with Gasteiger partial charge in [-0.3, -0.25) is 4.79 Å². The van der Waals surface area contributed by atoms with E-state index in [2.05, 4.69) is 10.5 Å². The van der Waals surface area contributed by atoms with Gasteiger partial charge >= 0.3 is 0 Å². The van der Waals surface area contributed by atoms with Gasteiger partial charge in [0.25, 0.3) is 0 Å². The lowest BCUT2D eigenvalue weighted by Gasteiger charge is -2.21. The molecule has 0 aromatic carbocycles. The third-order valence-electron chi connectivity index (χ3n) is 3.46. The maximum Gasteiger partial charge on any atom is 0.224 e. The lowest BCUT2D eigenvalue weighted by atomic mass is 10.1. The minimum atomic E-state index is 0.0342. The summed E-state index contributed by atoms with van der Waals surface area (Å²) in [6.07, 6.45) is 2.60. The minimum Gasteiger partial charge on any atom is -0.381 e. The SMILES string of the molecule is Cc1noc(C)c1CC(=O)NCCSC1CCOCC1. The Morgan fingerprint density at radius 2 is 2.15 bits per heavy atom. The molecule has 20 heavy (non-hydrogen) atoms. The van der Waals surface area contributed by atoms with Crippen molar-refractivity contribution in [2.24, 2.45) is 0 Å². The third-order valence-corrected chi connectivity index (χ3v) is 4.85. The van der Waals surface area contributed by atoms with Crippen LogP contribution in [0, 0.1) is 13.8 Å². The number of nitrogens with zero attached hydrogens (tertiary/aromatic N) is 1. The molecule has 0 atom stereocenters. The van der Waals surface area contributed by atoms with E-state index in [1.807, 2.05) is 25.6 Å². The second-order valence-corrected chi connectivity index (χ2v) is 6.42. The number of hydrogen-bond donors (Lipinski definition) is 1. The van der Waals surface area contributed by atoms with Crippen LogP contribution in [0.5, 0.6) is 0 Å². The van der Waals surface area contributed by atoms with E-state index < -0.39 is 0 Å². The largest absolute Gasteiger partial charge is 0.381 e. The fourth-order valence-electron chi connectivity index (χ4n) is 2.24. The van der Waals surface area contributed by atoms with E-state index in [9.17, 15) is 4.79 Å². The monoisotopic (exact) mass is 298 g/mol. The Bertz CT molecular complexity index is 422. The van der Waals surface area contributed by atoms with Gasteiger partial charge in [0.2, 0.25) is 5.91 Å². The summed E-state index contributed by atoms with van der Waals surface area (Å²) in [7, 11) is 0. The van der Waals surface area contributed by atoms with E-state index >= 15 is 0 Å². The highest BCUT2D eigenvalue weighted by Gasteiger charge is 2.15. The number of aromatic nitrogens is 1. The van der Waals surface area contributed by atoms with Crippen molar-refractivity contribution in [1.29, 1.82) is 0 Å². The van der Waals surface area contributed by atoms with Crippen LogP contribution in [0.4, 0.5) is 0 Å². The molecule has 0 radical (unpaired) electrons. The van der Waals surface area contributed by atoms with Crippen molar-refractivity contribution in [3.8, 4) is 0 Å². The van der Waals surface area contributed by atoms with Crippen LogP contribution in [0.2, 0.25) is 0 Å². The first-order valence-corrected chi connectivity index (χ1v) is 8.09. The zero-order chi connectivity index (χ0) is 14.4. The van der Waals surface area contributed by atoms with E-state index in [-0.39, 0.29) is 5.91 Å². The summed E-state index contributed by atoms with van der Waals surface area (Å²) in [6.45, 7) is 6.15. The molecule has 1 aromatic heterocycles. The molecule has 2 heterocycles. The molecule has 0 bridgehead atoms. The van der Waals surface area contributed by atoms with Crippen molar-refractivity contribution < 1.29 is 14.1 Å². The summed E-state index contributed by atoms with van der Waals surface area (Å²) >= 11 is 1.93. The molecule has 1 fully saturated rings. The van der Waals surface area contributed by atoms with Gasteiger partial charge in [-0.05, 0) is 26.7 Å². The third kappa shape index (κ3) is 4.52. The molecule has 112 valence electrons. The molecule has 1 amide bonds. The molecule has 1 aliphatic heterocycles. The summed E-state index contributed by atoms with van der Waals surface area (Å²) in [5, 5.41) is 7.49. The predicted molar refractivity (Wildman–Crippen MR) is 79.0 cm³/mol. The highest BCUT2D eigenvalue weighted by atomic mass is 32.2. The van der Waals surface area contributed by atoms with Gasteiger partial charge in [0.15, 0.2) is 0 Å². The first kappa shape index (κ1) is 15.4. The van der Waals surface area contributed by atoms with Gasteiger partial charge in [0, 0.05) is 36.3 Å². The molecular weight excluding hydrogens is 276 g/mol. The standard InChI is InChI=1S/C14H22N2O3S/c1-10-13(11(2)19-16-10)9-14(17)15-5-8-20-12-3-6-18-7-4-12/h12H,3-9H2,1-2H3,(H,15,17). The highest BCUT2D eigenvalue weighted by Crippen LogP contribution is 2.21. The molecule has 0 aliphatic carbocycles. The number of amides is 1. The molecular formula is C14H22N2O3S. The van der Waals surface area contributed by atoms with Crippen molar-refractivity contribution in [2.75, 3.05) is 25.5 Å². The number of carbonyl (C=O) groups is 1. The number of hydrogen-bond acceptors (Lipinski definition) is 5. The average Bonchev–Trinajstić information content (AvgIpc) is 2.77. The van der Waals surface area contributed by atoms with E-state index in [1.54, 1.807) is 0 Å². The molecule has 6 heteroatoms. The van der Waals surface area contributed by atoms with E-state index in [4.69, 9.17) is 9.26 Å². The van der Waals surface area contributed by atoms with Crippen molar-refractivity contribution in [2.45, 2.75) is 38.4 Å². The van der Waals surface area contributed by atoms with Crippen LogP contribution in [-0.2, 0) is 16.0 Å². The average molecular weight is 298 g/mol. The zero-order valence-electron chi connectivity index (χ0n) is 12.1. The Hall–Kier alpha value is -1.01. The fourth-order valence-corrected chi connectivity index (χ4v) is 3.32. The van der Waals surface area contributed by atoms with Gasteiger partial charge in [-0.25, -0.2) is 0 Å². The summed E-state index contributed by atoms with van der Waals surface area (Å²) in [5.74, 6) is 1.72. The topological polar surface area (TPSA) is 64.4 Å². The van der Waals surface area contributed by atoms with Gasteiger partial charge in [-0.15, -0.1) is 0 Å². The van der Waals surface area contributed by atoms with Crippen molar-refractivity contribution in [3.63, 3.8) is 0 Å². The van der Waals surface area contributed by atoms with Gasteiger partial charge < -0.3 is 14.6 Å². The minimum absolute atomic E-state index is 0.0342. The van der Waals surface area contributed by atoms with Crippen LogP contribution in [0.25, 0.3) is 0 Å². The smallest absolute Gasteiger partial charge is 0.224 e. The number of carbonyl (C=O) groups excluding carboxylic acids is 1. The molecule has 1 aliphatic rings. The Morgan fingerprint density at radius 1 is 1.40 bits per heavy atom. The summed E-state index contributed by atoms with van der Waals surface area (Å²) in [6, 6.07) is 0. The van der Waals surface area contributed by atoms with Crippen LogP contribution in [0.3, 0.4) is 0 Å². The molecule has 0 saturated carbocycles. The number of nitrogens with one attached hydrogen (secondary N) is 1. The van der Waals surface area contributed by atoms with Crippen molar-refractivity contribution in [3.05, 3.63) is 17.0 Å². The molecule has 1 aromatic rings. The van der Waals surface area contributed by atoms with E-state index in [0.717, 1.165) is 48.8 Å². The first-order valence-electron chi connectivity index (χ1n) is 7.04. The molecule has 1 N–H and O–H groups in total. The normalized spacial score (nSPS) is 16.3. The second-order valence-electron chi connectivity index (χ2n) is 5.01. The summed E-state index contributed by atoms with van der Waals surface area (Å²) in [5.41, 5.74) is 1.70. The van der Waals surface area contributed by atoms with Crippen LogP contribution in [0.15, 0.2) is 4.52 Å². The van der Waals surface area contributed by atoms with Gasteiger partial charge in [0.05, 0.1) is 12.1 Å². The Labute approximate surface area is 123 Å². The van der Waals surface area contributed by atoms with Gasteiger partial charge in [-0.2, -0.15) is 11.8 Å². The molecule has 0 unspecified atom stereocenters. The first-order chi connectivity index (χ1) is 9.66. The van der Waals surface area contributed by atoms with E-state index in [0.29, 0.717) is 18.2 Å². The van der Waals surface area contributed by atoms with Crippen molar-refractivity contribution >= 4 is 17.7 Å². The number of thioether (sulfide) groups is 1. The number of ether oxygens (including phenoxy) is 1. The maximum atomic E-state index is 11.9. The number of rotatable bonds is 6. The zero-order valence-corrected chi connectivity index (χ0v) is 12.9. The molecule has 1 saturated heterocycles. The lowest BCUT2D eigenvalue weighted by molar-refractivity contribution is -0.120. The van der Waals surface area contributed by atoms with E-state index in [1.165, 1.54) is 0 Å². The van der Waals surface area contributed by atoms with Crippen LogP contribution < -0.4 is 5.32 Å². The maximum absolute atomic E-state index is 11.9. The summed E-state index contributed by atoms with van der Waals surface area (Å²) < 4.78 is 10.4. The van der Waals surface area contributed by atoms with Crippen LogP contribution in [-0.4, -0.2) is 41.8 Å². The lowest BCUT2D eigenvalue weighted by Crippen LogP contribution is -2.28. The fraction of sp³-hybridized carbons (Fsp3) is 0.714. The molecule has 5 nitrogen and oxygen atoms in total. The molecule has 0 spiro atoms. The second kappa shape index (κ2) is 7.69. The molecule has 2 rings (SSSR count). The van der Waals surface area contributed by atoms with Gasteiger partial charge in [0.1, 0.15) is 5.76 Å². The van der Waals surface area contributed by atoms with Crippen molar-refractivity contribution in [1.82, 2.24) is 10.5 Å². The summed E-state index contributed by atoms with van der Waals surface area (Å²) in [4.78, 5) is 11.9. The number of aryl methyl sites for hydroxylation is 2. The Morgan fingerprint density at radius 3 is 2.80 bits per heavy atom. The Kier molecular flexibility index (Phi) is 5.91. The Balaban J connectivity index is 1.63. The quantitative estimate of drug-likeness (QED) is 0.812. The van der Waals surface area contributed by atoms with Crippen LogP contribution in [0.1, 0.15) is 29.9 Å². The van der Waals surface area contributed by atoms with Gasteiger partial charge in [-0.1, -0.05) is 5.16 Å².